The molecule has 124 valence electrons. The predicted molar refractivity (Wildman–Crippen MR) is 83.6 cm³/mol. The third kappa shape index (κ3) is 5.89. The van der Waals surface area contributed by atoms with Gasteiger partial charge >= 0.3 is 5.97 Å². The highest BCUT2D eigenvalue weighted by Crippen LogP contribution is 2.07. The van der Waals surface area contributed by atoms with Crippen molar-refractivity contribution in [3.8, 4) is 0 Å². The van der Waals surface area contributed by atoms with Gasteiger partial charge in [0.05, 0.1) is 19.3 Å². The van der Waals surface area contributed by atoms with E-state index in [1.807, 2.05) is 0 Å². The Labute approximate surface area is 132 Å². The molecule has 1 aromatic heterocycles. The van der Waals surface area contributed by atoms with Crippen LogP contribution in [-0.2, 0) is 9.53 Å². The van der Waals surface area contributed by atoms with Crippen molar-refractivity contribution in [3.63, 3.8) is 0 Å². The molecule has 0 aliphatic rings. The largest absolute Gasteiger partial charge is 0.466 e. The zero-order chi connectivity index (χ0) is 16.4. The lowest BCUT2D eigenvalue weighted by atomic mass is 10.3. The number of carbonyl (C=O) groups excluding carboxylic acids is 2. The average Bonchev–Trinajstić information content (AvgIpc) is 3.05. The lowest BCUT2D eigenvalue weighted by Crippen LogP contribution is -2.39. The number of nitrogens with zero attached hydrogens (tertiary/aromatic N) is 2. The van der Waals surface area contributed by atoms with Gasteiger partial charge in [0.2, 0.25) is 0 Å². The van der Waals surface area contributed by atoms with Crippen LogP contribution in [0.15, 0.2) is 22.8 Å². The summed E-state index contributed by atoms with van der Waals surface area (Å²) in [7, 11) is 0. The van der Waals surface area contributed by atoms with E-state index in [0.29, 0.717) is 25.5 Å². The summed E-state index contributed by atoms with van der Waals surface area (Å²) in [6.45, 7) is 9.80. The van der Waals surface area contributed by atoms with Crippen molar-refractivity contribution in [1.29, 1.82) is 0 Å². The van der Waals surface area contributed by atoms with Crippen LogP contribution in [0.4, 0.5) is 0 Å². The Bertz CT molecular complexity index is 441. The normalized spacial score (nSPS) is 10.7. The molecule has 6 heteroatoms. The van der Waals surface area contributed by atoms with Gasteiger partial charge in [-0.15, -0.1) is 0 Å². The number of hydrogen-bond acceptors (Lipinski definition) is 5. The molecule has 22 heavy (non-hydrogen) atoms. The zero-order valence-electron chi connectivity index (χ0n) is 13.7. The average molecular weight is 310 g/mol. The van der Waals surface area contributed by atoms with Crippen LogP contribution in [0.5, 0.6) is 0 Å². The number of likely N-dealkylation sites (N-methyl/N-ethyl adjacent to an activating group) is 1. The smallest absolute Gasteiger partial charge is 0.307 e. The molecule has 0 aliphatic carbocycles. The number of ether oxygens (including phenoxy) is 1. The topological polar surface area (TPSA) is 63.0 Å². The summed E-state index contributed by atoms with van der Waals surface area (Å²) in [4.78, 5) is 27.8. The Kier molecular flexibility index (Phi) is 8.28. The van der Waals surface area contributed by atoms with Crippen molar-refractivity contribution in [3.05, 3.63) is 24.2 Å². The summed E-state index contributed by atoms with van der Waals surface area (Å²) in [6, 6.07) is 3.32. The summed E-state index contributed by atoms with van der Waals surface area (Å²) in [5.74, 6) is -0.188. The van der Waals surface area contributed by atoms with Gasteiger partial charge in [-0.1, -0.05) is 13.8 Å². The molecule has 0 radical (unpaired) electrons. The van der Waals surface area contributed by atoms with Crippen LogP contribution >= 0.6 is 0 Å². The summed E-state index contributed by atoms with van der Waals surface area (Å²) >= 11 is 0. The number of rotatable bonds is 10. The first-order chi connectivity index (χ1) is 10.6. The minimum atomic E-state index is -0.289. The second kappa shape index (κ2) is 10.00. The Morgan fingerprint density at radius 1 is 1.14 bits per heavy atom. The predicted octanol–water partition coefficient (Wildman–Crippen LogP) is 2.02. The van der Waals surface area contributed by atoms with E-state index in [1.165, 1.54) is 6.26 Å². The Morgan fingerprint density at radius 3 is 2.41 bits per heavy atom. The van der Waals surface area contributed by atoms with Gasteiger partial charge < -0.3 is 19.0 Å². The van der Waals surface area contributed by atoms with Crippen molar-refractivity contribution >= 4 is 11.9 Å². The molecule has 0 unspecified atom stereocenters. The Morgan fingerprint density at radius 2 is 1.86 bits per heavy atom. The number of amides is 1. The number of hydrogen-bond donors (Lipinski definition) is 0. The van der Waals surface area contributed by atoms with Crippen LogP contribution in [0.3, 0.4) is 0 Å². The third-order valence-corrected chi connectivity index (χ3v) is 3.49. The van der Waals surface area contributed by atoms with E-state index in [4.69, 9.17) is 9.15 Å². The molecule has 0 saturated carbocycles. The maximum atomic E-state index is 12.4. The first kappa shape index (κ1) is 18.2. The summed E-state index contributed by atoms with van der Waals surface area (Å²) < 4.78 is 10.1. The number of furan rings is 1. The van der Waals surface area contributed by atoms with Crippen LogP contribution in [0.25, 0.3) is 0 Å². The van der Waals surface area contributed by atoms with Gasteiger partial charge in [-0.05, 0) is 32.1 Å². The minimum Gasteiger partial charge on any atom is -0.466 e. The standard InChI is InChI=1S/C16H26N2O4/c1-4-17(5-2)11-12-18(10-9-15(19)21-6-3)16(20)14-8-7-13-22-14/h7-8,13H,4-6,9-12H2,1-3H3. The van der Waals surface area contributed by atoms with E-state index in [2.05, 4.69) is 18.7 Å². The summed E-state index contributed by atoms with van der Waals surface area (Å²) in [5.41, 5.74) is 0. The molecule has 6 nitrogen and oxygen atoms in total. The quantitative estimate of drug-likeness (QED) is 0.619. The van der Waals surface area contributed by atoms with Gasteiger partial charge in [0.1, 0.15) is 0 Å². The first-order valence-electron chi connectivity index (χ1n) is 7.83. The number of esters is 1. The molecule has 1 heterocycles. The Hall–Kier alpha value is -1.82. The van der Waals surface area contributed by atoms with Gasteiger partial charge in [0, 0.05) is 19.6 Å². The van der Waals surface area contributed by atoms with Crippen molar-refractivity contribution in [1.82, 2.24) is 9.80 Å². The van der Waals surface area contributed by atoms with Gasteiger partial charge in [-0.3, -0.25) is 9.59 Å². The van der Waals surface area contributed by atoms with Crippen LogP contribution in [0.2, 0.25) is 0 Å². The van der Waals surface area contributed by atoms with E-state index < -0.39 is 0 Å². The van der Waals surface area contributed by atoms with Crippen molar-refractivity contribution in [2.45, 2.75) is 27.2 Å². The molecule has 0 fully saturated rings. The van der Waals surface area contributed by atoms with Gasteiger partial charge in [0.25, 0.3) is 5.91 Å². The zero-order valence-corrected chi connectivity index (χ0v) is 13.7. The molecule has 0 N–H and O–H groups in total. The summed E-state index contributed by atoms with van der Waals surface area (Å²) in [6.07, 6.45) is 1.67. The fourth-order valence-corrected chi connectivity index (χ4v) is 2.13. The molecule has 0 saturated heterocycles. The maximum Gasteiger partial charge on any atom is 0.307 e. The molecule has 0 bridgehead atoms. The molecular weight excluding hydrogens is 284 g/mol. The second-order valence-corrected chi connectivity index (χ2v) is 4.85. The minimum absolute atomic E-state index is 0.193. The van der Waals surface area contributed by atoms with Gasteiger partial charge in [-0.25, -0.2) is 0 Å². The van der Waals surface area contributed by atoms with Crippen LogP contribution in [0, 0.1) is 0 Å². The van der Waals surface area contributed by atoms with Crippen LogP contribution < -0.4 is 0 Å². The SMILES string of the molecule is CCOC(=O)CCN(CCN(CC)CC)C(=O)c1ccco1. The van der Waals surface area contributed by atoms with Crippen molar-refractivity contribution in [2.24, 2.45) is 0 Å². The highest BCUT2D eigenvalue weighted by molar-refractivity contribution is 5.91. The molecular formula is C16H26N2O4. The van der Waals surface area contributed by atoms with E-state index in [-0.39, 0.29) is 18.3 Å². The van der Waals surface area contributed by atoms with Gasteiger partial charge in [-0.2, -0.15) is 0 Å². The first-order valence-corrected chi connectivity index (χ1v) is 7.83. The fourth-order valence-electron chi connectivity index (χ4n) is 2.13. The highest BCUT2D eigenvalue weighted by atomic mass is 16.5. The van der Waals surface area contributed by atoms with Crippen molar-refractivity contribution in [2.75, 3.05) is 39.3 Å². The summed E-state index contributed by atoms with van der Waals surface area (Å²) in [5, 5.41) is 0. The molecule has 1 amide bonds. The monoisotopic (exact) mass is 310 g/mol. The molecule has 1 aromatic rings. The second-order valence-electron chi connectivity index (χ2n) is 4.85. The third-order valence-electron chi connectivity index (χ3n) is 3.49. The van der Waals surface area contributed by atoms with E-state index in [1.54, 1.807) is 24.0 Å². The molecule has 0 aromatic carbocycles. The molecule has 0 aliphatic heterocycles. The molecule has 1 rings (SSSR count). The maximum absolute atomic E-state index is 12.4. The Balaban J connectivity index is 2.63. The van der Waals surface area contributed by atoms with Crippen molar-refractivity contribution < 1.29 is 18.7 Å². The van der Waals surface area contributed by atoms with Gasteiger partial charge in [0.15, 0.2) is 5.76 Å². The van der Waals surface area contributed by atoms with E-state index in [0.717, 1.165) is 19.6 Å². The van der Waals surface area contributed by atoms with E-state index in [9.17, 15) is 9.59 Å². The van der Waals surface area contributed by atoms with Crippen LogP contribution in [-0.4, -0.2) is 61.0 Å². The highest BCUT2D eigenvalue weighted by Gasteiger charge is 2.19. The van der Waals surface area contributed by atoms with E-state index >= 15 is 0 Å². The number of carbonyl (C=O) groups is 2. The van der Waals surface area contributed by atoms with Crippen LogP contribution in [0.1, 0.15) is 37.7 Å². The molecule has 0 spiro atoms. The molecule has 0 atom stereocenters. The lowest BCUT2D eigenvalue weighted by molar-refractivity contribution is -0.143. The fraction of sp³-hybridized carbons (Fsp3) is 0.625. The lowest BCUT2D eigenvalue weighted by Gasteiger charge is -2.25.